The molecular weight excluding hydrogens is 253 g/mol. The summed E-state index contributed by atoms with van der Waals surface area (Å²) >= 11 is 1.78. The Bertz CT molecular complexity index is 234. The first kappa shape index (κ1) is 7.90. The van der Waals surface area contributed by atoms with E-state index < -0.39 is 6.43 Å². The molecule has 1 aromatic rings. The van der Waals surface area contributed by atoms with Crippen molar-refractivity contribution in [2.24, 2.45) is 7.05 Å². The molecule has 5 heteroatoms. The number of aryl methyl sites for hydroxylation is 1. The minimum atomic E-state index is -2.42. The minimum absolute atomic E-state index is 0.00287. The molecule has 0 atom stereocenters. The van der Waals surface area contributed by atoms with Crippen LogP contribution in [-0.4, -0.2) is 9.78 Å². The highest BCUT2D eigenvalue weighted by Gasteiger charge is 2.13. The molecule has 0 saturated heterocycles. The van der Waals surface area contributed by atoms with Crippen LogP contribution < -0.4 is 0 Å². The summed E-state index contributed by atoms with van der Waals surface area (Å²) in [6, 6.07) is 0. The molecule has 56 valence electrons. The number of nitrogens with zero attached hydrogens (tertiary/aromatic N) is 2. The Kier molecular flexibility index (Phi) is 2.22. The van der Waals surface area contributed by atoms with Crippen LogP contribution in [-0.2, 0) is 7.05 Å². The average molecular weight is 258 g/mol. The van der Waals surface area contributed by atoms with Gasteiger partial charge in [0.05, 0.1) is 5.56 Å². The summed E-state index contributed by atoms with van der Waals surface area (Å²) in [4.78, 5) is 0. The van der Waals surface area contributed by atoms with Crippen LogP contribution in [0.15, 0.2) is 6.20 Å². The smallest absolute Gasteiger partial charge is 0.267 e. The van der Waals surface area contributed by atoms with Crippen molar-refractivity contribution in [2.75, 3.05) is 0 Å². The molecule has 1 rings (SSSR count). The van der Waals surface area contributed by atoms with E-state index in [1.54, 1.807) is 29.6 Å². The van der Waals surface area contributed by atoms with E-state index in [1.165, 1.54) is 10.9 Å². The van der Waals surface area contributed by atoms with Gasteiger partial charge in [-0.25, -0.2) is 8.78 Å². The van der Waals surface area contributed by atoms with Crippen molar-refractivity contribution in [3.8, 4) is 0 Å². The summed E-state index contributed by atoms with van der Waals surface area (Å²) in [6.45, 7) is 0. The first-order valence-electron chi connectivity index (χ1n) is 2.58. The van der Waals surface area contributed by atoms with Gasteiger partial charge in [-0.05, 0) is 22.6 Å². The molecule has 0 aliphatic rings. The molecule has 2 nitrogen and oxygen atoms in total. The van der Waals surface area contributed by atoms with Crippen LogP contribution in [0.3, 0.4) is 0 Å². The molecule has 0 aliphatic heterocycles. The lowest BCUT2D eigenvalue weighted by molar-refractivity contribution is 0.150. The van der Waals surface area contributed by atoms with Gasteiger partial charge < -0.3 is 0 Å². The maximum absolute atomic E-state index is 12.0. The first-order valence-corrected chi connectivity index (χ1v) is 3.66. The predicted octanol–water partition coefficient (Wildman–Crippen LogP) is 1.96. The molecular formula is C5H5F2IN2. The molecule has 0 spiro atoms. The second kappa shape index (κ2) is 2.81. The Morgan fingerprint density at radius 1 is 1.70 bits per heavy atom. The molecule has 0 bridgehead atoms. The monoisotopic (exact) mass is 258 g/mol. The maximum Gasteiger partial charge on any atom is 0.267 e. The minimum Gasteiger partial charge on any atom is -0.274 e. The molecule has 0 saturated carbocycles. The topological polar surface area (TPSA) is 17.8 Å². The fourth-order valence-corrected chi connectivity index (χ4v) is 1.34. The fraction of sp³-hybridized carbons (Fsp3) is 0.400. The number of rotatable bonds is 1. The molecule has 0 aromatic carbocycles. The molecule has 0 N–H and O–H groups in total. The SMILES string of the molecule is Cn1cc(C(F)F)c(I)n1. The van der Waals surface area contributed by atoms with Crippen LogP contribution in [0.1, 0.15) is 12.0 Å². The summed E-state index contributed by atoms with van der Waals surface area (Å²) < 4.78 is 25.7. The van der Waals surface area contributed by atoms with E-state index in [0.29, 0.717) is 3.70 Å². The number of hydrogen-bond donors (Lipinski definition) is 0. The summed E-state index contributed by atoms with van der Waals surface area (Å²) in [5.74, 6) is 0. The lowest BCUT2D eigenvalue weighted by Crippen LogP contribution is -1.85. The highest BCUT2D eigenvalue weighted by Crippen LogP contribution is 2.22. The fourth-order valence-electron chi connectivity index (χ4n) is 0.626. The van der Waals surface area contributed by atoms with Crippen LogP contribution in [0.25, 0.3) is 0 Å². The van der Waals surface area contributed by atoms with Crippen molar-refractivity contribution in [3.63, 3.8) is 0 Å². The zero-order valence-electron chi connectivity index (χ0n) is 5.18. The van der Waals surface area contributed by atoms with Crippen LogP contribution in [0.2, 0.25) is 0 Å². The highest BCUT2D eigenvalue weighted by atomic mass is 127. The van der Waals surface area contributed by atoms with Gasteiger partial charge in [0, 0.05) is 13.2 Å². The third-order valence-corrected chi connectivity index (χ3v) is 1.88. The first-order chi connectivity index (χ1) is 4.61. The van der Waals surface area contributed by atoms with Crippen LogP contribution in [0.4, 0.5) is 8.78 Å². The predicted molar refractivity (Wildman–Crippen MR) is 40.9 cm³/mol. The van der Waals surface area contributed by atoms with Gasteiger partial charge in [-0.15, -0.1) is 0 Å². The van der Waals surface area contributed by atoms with Crippen molar-refractivity contribution in [1.29, 1.82) is 0 Å². The normalized spacial score (nSPS) is 10.9. The Morgan fingerprint density at radius 2 is 2.30 bits per heavy atom. The van der Waals surface area contributed by atoms with E-state index in [9.17, 15) is 8.78 Å². The Hall–Kier alpha value is -0.200. The average Bonchev–Trinajstić information content (AvgIpc) is 2.10. The van der Waals surface area contributed by atoms with Crippen molar-refractivity contribution >= 4 is 22.6 Å². The highest BCUT2D eigenvalue weighted by molar-refractivity contribution is 14.1. The van der Waals surface area contributed by atoms with Gasteiger partial charge in [-0.2, -0.15) is 5.10 Å². The van der Waals surface area contributed by atoms with Gasteiger partial charge >= 0.3 is 0 Å². The lowest BCUT2D eigenvalue weighted by atomic mass is 10.4. The van der Waals surface area contributed by atoms with Crippen LogP contribution >= 0.6 is 22.6 Å². The second-order valence-corrected chi connectivity index (χ2v) is 2.87. The summed E-state index contributed by atoms with van der Waals surface area (Å²) in [5.41, 5.74) is 0.00287. The van der Waals surface area contributed by atoms with Crippen molar-refractivity contribution < 1.29 is 8.78 Å². The molecule has 0 radical (unpaired) electrons. The van der Waals surface area contributed by atoms with Gasteiger partial charge in [0.15, 0.2) is 0 Å². The van der Waals surface area contributed by atoms with Crippen LogP contribution in [0.5, 0.6) is 0 Å². The number of alkyl halides is 2. The molecule has 1 heterocycles. The van der Waals surface area contributed by atoms with Gasteiger partial charge in [-0.3, -0.25) is 4.68 Å². The number of halogens is 3. The van der Waals surface area contributed by atoms with Crippen molar-refractivity contribution in [2.45, 2.75) is 6.43 Å². The standard InChI is InChI=1S/C5H5F2IN2/c1-10-2-3(4(6)7)5(8)9-10/h2,4H,1H3. The quantitative estimate of drug-likeness (QED) is 0.704. The van der Waals surface area contributed by atoms with Crippen molar-refractivity contribution in [3.05, 3.63) is 15.5 Å². The molecule has 0 amide bonds. The number of aromatic nitrogens is 2. The van der Waals surface area contributed by atoms with E-state index in [-0.39, 0.29) is 5.56 Å². The molecule has 0 aliphatic carbocycles. The second-order valence-electron chi connectivity index (χ2n) is 1.85. The molecule has 10 heavy (non-hydrogen) atoms. The van der Waals surface area contributed by atoms with E-state index in [0.717, 1.165) is 0 Å². The summed E-state index contributed by atoms with van der Waals surface area (Å²) in [6.07, 6.45) is -1.09. The summed E-state index contributed by atoms with van der Waals surface area (Å²) in [7, 11) is 1.62. The van der Waals surface area contributed by atoms with Crippen molar-refractivity contribution in [1.82, 2.24) is 9.78 Å². The Morgan fingerprint density at radius 3 is 2.50 bits per heavy atom. The zero-order valence-corrected chi connectivity index (χ0v) is 7.34. The molecule has 1 aromatic heterocycles. The van der Waals surface area contributed by atoms with Gasteiger partial charge in [0.2, 0.25) is 0 Å². The van der Waals surface area contributed by atoms with E-state index in [2.05, 4.69) is 5.10 Å². The van der Waals surface area contributed by atoms with Gasteiger partial charge in [0.25, 0.3) is 6.43 Å². The maximum atomic E-state index is 12.0. The number of hydrogen-bond acceptors (Lipinski definition) is 1. The van der Waals surface area contributed by atoms with Gasteiger partial charge in [-0.1, -0.05) is 0 Å². The van der Waals surface area contributed by atoms with E-state index in [4.69, 9.17) is 0 Å². The Balaban J connectivity index is 3.03. The van der Waals surface area contributed by atoms with Gasteiger partial charge in [0.1, 0.15) is 3.70 Å². The molecule has 0 unspecified atom stereocenters. The lowest BCUT2D eigenvalue weighted by Gasteiger charge is -1.90. The summed E-state index contributed by atoms with van der Waals surface area (Å²) in [5, 5.41) is 3.76. The zero-order chi connectivity index (χ0) is 7.72. The van der Waals surface area contributed by atoms with E-state index >= 15 is 0 Å². The molecule has 0 fully saturated rings. The third-order valence-electron chi connectivity index (χ3n) is 1.04. The Labute approximate surface area is 70.4 Å². The van der Waals surface area contributed by atoms with Crippen LogP contribution in [0, 0.1) is 3.70 Å². The third kappa shape index (κ3) is 1.44. The largest absolute Gasteiger partial charge is 0.274 e. The van der Waals surface area contributed by atoms with E-state index in [1.807, 2.05) is 0 Å².